The monoisotopic (exact) mass is 332 g/mol. The van der Waals surface area contributed by atoms with Crippen LogP contribution in [0.15, 0.2) is 53.4 Å². The molecule has 2 N–H and O–H groups in total. The van der Waals surface area contributed by atoms with Gasteiger partial charge < -0.3 is 5.32 Å². The van der Waals surface area contributed by atoms with E-state index in [0.717, 1.165) is 11.1 Å². The van der Waals surface area contributed by atoms with Crippen molar-refractivity contribution in [1.82, 2.24) is 5.32 Å². The fourth-order valence-corrected chi connectivity index (χ4v) is 3.24. The Bertz CT molecular complexity index is 784. The molecule has 122 valence electrons. The van der Waals surface area contributed by atoms with Gasteiger partial charge in [-0.25, -0.2) is 8.42 Å². The highest BCUT2D eigenvalue weighted by atomic mass is 32.2. The molecule has 0 heterocycles. The number of nitrogens with one attached hydrogen (secondary N) is 2. The van der Waals surface area contributed by atoms with Gasteiger partial charge in [-0.05, 0) is 42.7 Å². The number of carbonyl (C=O) groups excluding carboxylic acids is 1. The van der Waals surface area contributed by atoms with Gasteiger partial charge in [0.15, 0.2) is 0 Å². The fraction of sp³-hybridized carbons (Fsp3) is 0.235. The molecular formula is C17H20N2O3S. The smallest absolute Gasteiger partial charge is 0.261 e. The summed E-state index contributed by atoms with van der Waals surface area (Å²) in [6.45, 7) is 3.85. The molecule has 5 nitrogen and oxygen atoms in total. The molecule has 0 aliphatic rings. The zero-order valence-electron chi connectivity index (χ0n) is 13.2. The van der Waals surface area contributed by atoms with E-state index in [4.69, 9.17) is 0 Å². The highest BCUT2D eigenvalue weighted by Gasteiger charge is 2.14. The number of hydrogen-bond donors (Lipinski definition) is 2. The Labute approximate surface area is 136 Å². The van der Waals surface area contributed by atoms with Crippen LogP contribution >= 0.6 is 0 Å². The van der Waals surface area contributed by atoms with Crippen molar-refractivity contribution in [1.29, 1.82) is 0 Å². The summed E-state index contributed by atoms with van der Waals surface area (Å²) in [4.78, 5) is 11.0. The van der Waals surface area contributed by atoms with Gasteiger partial charge in [0.25, 0.3) is 10.0 Å². The second-order valence-corrected chi connectivity index (χ2v) is 6.98. The molecule has 2 aromatic carbocycles. The molecule has 6 heteroatoms. The van der Waals surface area contributed by atoms with E-state index in [1.54, 1.807) is 36.4 Å². The Morgan fingerprint density at radius 1 is 1.04 bits per heavy atom. The van der Waals surface area contributed by atoms with Gasteiger partial charge in [-0.15, -0.1) is 0 Å². The molecule has 1 amide bonds. The van der Waals surface area contributed by atoms with Gasteiger partial charge in [0, 0.05) is 13.5 Å². The molecular weight excluding hydrogens is 312 g/mol. The number of benzene rings is 2. The highest BCUT2D eigenvalue weighted by molar-refractivity contribution is 7.92. The Morgan fingerprint density at radius 3 is 2.30 bits per heavy atom. The van der Waals surface area contributed by atoms with Gasteiger partial charge in [0.2, 0.25) is 5.91 Å². The Kier molecular flexibility index (Phi) is 5.39. The van der Waals surface area contributed by atoms with Crippen LogP contribution in [-0.4, -0.2) is 20.9 Å². The molecule has 2 aromatic rings. The van der Waals surface area contributed by atoms with Crippen molar-refractivity contribution in [3.05, 3.63) is 59.7 Å². The lowest BCUT2D eigenvalue weighted by Gasteiger charge is -2.11. The van der Waals surface area contributed by atoms with Gasteiger partial charge in [0.1, 0.15) is 0 Å². The normalized spacial score (nSPS) is 11.0. The molecule has 2 rings (SSSR count). The van der Waals surface area contributed by atoms with Crippen LogP contribution in [0.25, 0.3) is 0 Å². The van der Waals surface area contributed by atoms with Gasteiger partial charge in [0.05, 0.1) is 10.6 Å². The summed E-state index contributed by atoms with van der Waals surface area (Å²) in [6.07, 6.45) is 0.658. The minimum absolute atomic E-state index is 0.0772. The van der Waals surface area contributed by atoms with Crippen LogP contribution in [0.5, 0.6) is 0 Å². The van der Waals surface area contributed by atoms with E-state index in [0.29, 0.717) is 18.7 Å². The lowest BCUT2D eigenvalue weighted by Crippen LogP contribution is -2.22. The second kappa shape index (κ2) is 7.28. The number of hydrogen-bond acceptors (Lipinski definition) is 3. The maximum Gasteiger partial charge on any atom is 0.261 e. The van der Waals surface area contributed by atoms with Crippen molar-refractivity contribution in [3.8, 4) is 0 Å². The molecule has 0 bridgehead atoms. The van der Waals surface area contributed by atoms with Crippen molar-refractivity contribution in [2.45, 2.75) is 25.2 Å². The van der Waals surface area contributed by atoms with Gasteiger partial charge in [-0.2, -0.15) is 0 Å². The lowest BCUT2D eigenvalue weighted by atomic mass is 10.1. The highest BCUT2D eigenvalue weighted by Crippen LogP contribution is 2.19. The quantitative estimate of drug-likeness (QED) is 0.853. The average Bonchev–Trinajstić information content (AvgIpc) is 2.50. The van der Waals surface area contributed by atoms with Crippen molar-refractivity contribution in [2.75, 3.05) is 11.3 Å². The summed E-state index contributed by atoms with van der Waals surface area (Å²) >= 11 is 0. The molecule has 0 spiro atoms. The molecule has 0 aromatic heterocycles. The fourth-order valence-electron chi connectivity index (χ4n) is 2.11. The van der Waals surface area contributed by atoms with E-state index in [-0.39, 0.29) is 10.8 Å². The molecule has 0 atom stereocenters. The zero-order valence-corrected chi connectivity index (χ0v) is 14.0. The summed E-state index contributed by atoms with van der Waals surface area (Å²) in [5.74, 6) is -0.0772. The molecule has 0 aliphatic heterocycles. The molecule has 0 saturated heterocycles. The van der Waals surface area contributed by atoms with Crippen LogP contribution in [0.4, 0.5) is 5.69 Å². The predicted octanol–water partition coefficient (Wildman–Crippen LogP) is 2.47. The van der Waals surface area contributed by atoms with Crippen molar-refractivity contribution < 1.29 is 13.2 Å². The van der Waals surface area contributed by atoms with Gasteiger partial charge >= 0.3 is 0 Å². The van der Waals surface area contributed by atoms with Crippen LogP contribution in [-0.2, 0) is 21.2 Å². The van der Waals surface area contributed by atoms with E-state index < -0.39 is 10.0 Å². The van der Waals surface area contributed by atoms with E-state index in [1.165, 1.54) is 6.92 Å². The minimum atomic E-state index is -3.61. The van der Waals surface area contributed by atoms with E-state index in [9.17, 15) is 13.2 Å². The first-order valence-corrected chi connectivity index (χ1v) is 8.78. The minimum Gasteiger partial charge on any atom is -0.356 e. The number of aryl methyl sites for hydroxylation is 1. The first kappa shape index (κ1) is 17.0. The Hall–Kier alpha value is -2.34. The van der Waals surface area contributed by atoms with Crippen LogP contribution in [0.3, 0.4) is 0 Å². The maximum absolute atomic E-state index is 12.4. The van der Waals surface area contributed by atoms with Crippen molar-refractivity contribution in [2.24, 2.45) is 0 Å². The Morgan fingerprint density at radius 2 is 1.70 bits per heavy atom. The number of para-hydroxylation sites is 1. The summed E-state index contributed by atoms with van der Waals surface area (Å²) in [7, 11) is -3.61. The molecule has 0 aliphatic carbocycles. The summed E-state index contributed by atoms with van der Waals surface area (Å²) < 4.78 is 27.4. The third-order valence-corrected chi connectivity index (χ3v) is 4.79. The van der Waals surface area contributed by atoms with Crippen LogP contribution in [0, 0.1) is 6.92 Å². The molecule has 0 radical (unpaired) electrons. The average molecular weight is 332 g/mol. The first-order valence-electron chi connectivity index (χ1n) is 7.30. The van der Waals surface area contributed by atoms with Crippen LogP contribution in [0.2, 0.25) is 0 Å². The third-order valence-electron chi connectivity index (χ3n) is 3.41. The van der Waals surface area contributed by atoms with E-state index in [2.05, 4.69) is 10.0 Å². The van der Waals surface area contributed by atoms with Crippen molar-refractivity contribution >= 4 is 21.6 Å². The summed E-state index contributed by atoms with van der Waals surface area (Å²) in [5, 5.41) is 2.71. The second-order valence-electron chi connectivity index (χ2n) is 5.30. The molecule has 0 unspecified atom stereocenters. The van der Waals surface area contributed by atoms with Crippen LogP contribution in [0.1, 0.15) is 18.1 Å². The summed E-state index contributed by atoms with van der Waals surface area (Å²) in [6, 6.07) is 13.9. The Balaban J connectivity index is 2.08. The van der Waals surface area contributed by atoms with Crippen LogP contribution < -0.4 is 10.0 Å². The number of carbonyl (C=O) groups is 1. The predicted molar refractivity (Wildman–Crippen MR) is 90.8 cm³/mol. The van der Waals surface area contributed by atoms with E-state index in [1.807, 2.05) is 19.1 Å². The molecule has 0 fully saturated rings. The summed E-state index contributed by atoms with van der Waals surface area (Å²) in [5.41, 5.74) is 2.40. The van der Waals surface area contributed by atoms with Crippen molar-refractivity contribution in [3.63, 3.8) is 0 Å². The maximum atomic E-state index is 12.4. The number of rotatable bonds is 6. The topological polar surface area (TPSA) is 75.3 Å². The number of sulfonamides is 1. The largest absolute Gasteiger partial charge is 0.356 e. The number of amides is 1. The number of anilines is 1. The lowest BCUT2D eigenvalue weighted by molar-refractivity contribution is -0.118. The van der Waals surface area contributed by atoms with Gasteiger partial charge in [-0.1, -0.05) is 30.3 Å². The third kappa shape index (κ3) is 4.82. The SMILES string of the molecule is CC(=O)NCCc1ccc(S(=O)(=O)Nc2ccccc2C)cc1. The molecule has 23 heavy (non-hydrogen) atoms. The zero-order chi connectivity index (χ0) is 16.9. The van der Waals surface area contributed by atoms with E-state index >= 15 is 0 Å². The molecule has 0 saturated carbocycles. The first-order chi connectivity index (χ1) is 10.9. The standard InChI is InChI=1S/C17H20N2O3S/c1-13-5-3-4-6-17(13)19-23(21,22)16-9-7-15(8-10-16)11-12-18-14(2)20/h3-10,19H,11-12H2,1-2H3,(H,18,20). The van der Waals surface area contributed by atoms with Gasteiger partial charge in [-0.3, -0.25) is 9.52 Å².